The molecule has 1 aromatic carbocycles. The van der Waals surface area contributed by atoms with E-state index >= 15 is 0 Å². The molecule has 0 saturated heterocycles. The molecule has 2 aromatic rings. The van der Waals surface area contributed by atoms with Crippen LogP contribution in [0, 0.1) is 0 Å². The molecule has 0 aliphatic heterocycles. The number of aromatic nitrogens is 2. The van der Waals surface area contributed by atoms with Crippen molar-refractivity contribution in [2.45, 2.75) is 25.4 Å². The molecule has 0 bridgehead atoms. The maximum absolute atomic E-state index is 11.8. The lowest BCUT2D eigenvalue weighted by Crippen LogP contribution is -2.25. The first-order valence-corrected chi connectivity index (χ1v) is 7.20. The minimum Gasteiger partial charge on any atom is -0.350 e. The van der Waals surface area contributed by atoms with Crippen LogP contribution >= 0.6 is 11.6 Å². The molecule has 2 N–H and O–H groups in total. The third kappa shape index (κ3) is 3.70. The van der Waals surface area contributed by atoms with Gasteiger partial charge in [0.1, 0.15) is 0 Å². The minimum absolute atomic E-state index is 0.116. The summed E-state index contributed by atoms with van der Waals surface area (Å²) < 4.78 is 0. The molecule has 0 radical (unpaired) electrons. The number of rotatable bonds is 5. The normalized spacial score (nSPS) is 13.8. The lowest BCUT2D eigenvalue weighted by molar-refractivity contribution is 0.0950. The Kier molecular flexibility index (Phi) is 4.01. The first-order valence-electron chi connectivity index (χ1n) is 6.82. The summed E-state index contributed by atoms with van der Waals surface area (Å²) in [6, 6.07) is 7.91. The summed E-state index contributed by atoms with van der Waals surface area (Å²) in [5.74, 6) is 0.355. The number of carbonyl (C=O) groups excluding carboxylic acids is 1. The Hall–Kier alpha value is -2.14. The van der Waals surface area contributed by atoms with Gasteiger partial charge < -0.3 is 10.6 Å². The van der Waals surface area contributed by atoms with Gasteiger partial charge >= 0.3 is 0 Å². The first kappa shape index (κ1) is 13.8. The van der Waals surface area contributed by atoms with E-state index < -0.39 is 0 Å². The minimum atomic E-state index is -0.116. The molecule has 1 heterocycles. The van der Waals surface area contributed by atoms with Gasteiger partial charge in [-0.2, -0.15) is 0 Å². The van der Waals surface area contributed by atoms with Crippen LogP contribution in [0.4, 0.5) is 5.95 Å². The van der Waals surface area contributed by atoms with Crippen LogP contribution in [0.1, 0.15) is 28.8 Å². The molecule has 6 heteroatoms. The molecule has 1 aliphatic carbocycles. The fraction of sp³-hybridized carbons (Fsp3) is 0.267. The van der Waals surface area contributed by atoms with Gasteiger partial charge in [0.05, 0.1) is 5.56 Å². The summed E-state index contributed by atoms with van der Waals surface area (Å²) in [5, 5.41) is 6.68. The van der Waals surface area contributed by atoms with Gasteiger partial charge in [-0.3, -0.25) is 4.79 Å². The second-order valence-corrected chi connectivity index (χ2v) is 5.40. The van der Waals surface area contributed by atoms with Crippen molar-refractivity contribution >= 4 is 23.5 Å². The molecule has 0 atom stereocenters. The SMILES string of the molecule is O=C(NC1CC1)c1cnc(NCc2ccccc2Cl)nc1. The van der Waals surface area contributed by atoms with Gasteiger partial charge in [-0.05, 0) is 24.5 Å². The van der Waals surface area contributed by atoms with Crippen LogP contribution in [0.15, 0.2) is 36.7 Å². The van der Waals surface area contributed by atoms with Crippen molar-refractivity contribution in [2.75, 3.05) is 5.32 Å². The molecule has 1 fully saturated rings. The Morgan fingerprint density at radius 1 is 1.24 bits per heavy atom. The van der Waals surface area contributed by atoms with Crippen LogP contribution in [-0.4, -0.2) is 21.9 Å². The Bertz CT molecular complexity index is 640. The van der Waals surface area contributed by atoms with Gasteiger partial charge in [-0.25, -0.2) is 9.97 Å². The number of anilines is 1. The van der Waals surface area contributed by atoms with Crippen LogP contribution in [0.3, 0.4) is 0 Å². The highest BCUT2D eigenvalue weighted by atomic mass is 35.5. The van der Waals surface area contributed by atoms with Gasteiger partial charge in [-0.15, -0.1) is 0 Å². The number of amides is 1. The number of hydrogen-bond acceptors (Lipinski definition) is 4. The highest BCUT2D eigenvalue weighted by molar-refractivity contribution is 6.31. The second kappa shape index (κ2) is 6.10. The largest absolute Gasteiger partial charge is 0.350 e. The van der Waals surface area contributed by atoms with Crippen LogP contribution in [0.25, 0.3) is 0 Å². The number of halogens is 1. The van der Waals surface area contributed by atoms with E-state index in [4.69, 9.17) is 11.6 Å². The molecule has 108 valence electrons. The van der Waals surface area contributed by atoms with Crippen LogP contribution in [0.5, 0.6) is 0 Å². The molecule has 21 heavy (non-hydrogen) atoms. The van der Waals surface area contributed by atoms with Crippen molar-refractivity contribution in [3.8, 4) is 0 Å². The van der Waals surface area contributed by atoms with Crippen molar-refractivity contribution in [1.29, 1.82) is 0 Å². The molecule has 1 aliphatic rings. The highest BCUT2D eigenvalue weighted by Crippen LogP contribution is 2.19. The van der Waals surface area contributed by atoms with Crippen molar-refractivity contribution in [1.82, 2.24) is 15.3 Å². The van der Waals surface area contributed by atoms with Gasteiger partial charge in [0.15, 0.2) is 0 Å². The van der Waals surface area contributed by atoms with Gasteiger partial charge in [0.2, 0.25) is 5.95 Å². The molecular formula is C15H15ClN4O. The number of hydrogen-bond donors (Lipinski definition) is 2. The molecule has 0 spiro atoms. The summed E-state index contributed by atoms with van der Waals surface area (Å²) in [7, 11) is 0. The number of nitrogens with one attached hydrogen (secondary N) is 2. The zero-order valence-corrected chi connectivity index (χ0v) is 12.1. The maximum Gasteiger partial charge on any atom is 0.254 e. The Balaban J connectivity index is 1.59. The van der Waals surface area contributed by atoms with Gasteiger partial charge in [0.25, 0.3) is 5.91 Å². The van der Waals surface area contributed by atoms with E-state index in [1.165, 1.54) is 12.4 Å². The van der Waals surface area contributed by atoms with E-state index in [2.05, 4.69) is 20.6 Å². The number of nitrogens with zero attached hydrogens (tertiary/aromatic N) is 2. The zero-order chi connectivity index (χ0) is 14.7. The molecule has 1 amide bonds. The fourth-order valence-electron chi connectivity index (χ4n) is 1.85. The van der Waals surface area contributed by atoms with E-state index in [0.29, 0.717) is 29.1 Å². The van der Waals surface area contributed by atoms with E-state index in [0.717, 1.165) is 18.4 Å². The predicted octanol–water partition coefficient (Wildman–Crippen LogP) is 2.63. The Morgan fingerprint density at radius 3 is 2.62 bits per heavy atom. The molecule has 1 saturated carbocycles. The number of carbonyl (C=O) groups is 1. The number of benzene rings is 1. The third-order valence-corrected chi connectivity index (χ3v) is 3.59. The van der Waals surface area contributed by atoms with Crippen molar-refractivity contribution in [3.05, 3.63) is 52.8 Å². The van der Waals surface area contributed by atoms with Crippen LogP contribution in [-0.2, 0) is 6.54 Å². The standard InChI is InChI=1S/C15H15ClN4O/c16-13-4-2-1-3-10(13)7-17-15-18-8-11(9-19-15)14(21)20-12-5-6-12/h1-4,8-9,12H,5-7H2,(H,20,21)(H,17,18,19). The topological polar surface area (TPSA) is 66.9 Å². The summed E-state index contributed by atoms with van der Waals surface area (Å²) in [5.41, 5.74) is 1.45. The third-order valence-electron chi connectivity index (χ3n) is 3.22. The van der Waals surface area contributed by atoms with E-state index in [1.807, 2.05) is 24.3 Å². The van der Waals surface area contributed by atoms with Crippen molar-refractivity contribution in [3.63, 3.8) is 0 Å². The second-order valence-electron chi connectivity index (χ2n) is 4.99. The quantitative estimate of drug-likeness (QED) is 0.891. The van der Waals surface area contributed by atoms with Crippen molar-refractivity contribution in [2.24, 2.45) is 0 Å². The maximum atomic E-state index is 11.8. The highest BCUT2D eigenvalue weighted by Gasteiger charge is 2.23. The fourth-order valence-corrected chi connectivity index (χ4v) is 2.05. The molecule has 1 aromatic heterocycles. The summed E-state index contributed by atoms with van der Waals surface area (Å²) >= 11 is 6.08. The monoisotopic (exact) mass is 302 g/mol. The summed E-state index contributed by atoms with van der Waals surface area (Å²) in [6.45, 7) is 0.535. The van der Waals surface area contributed by atoms with E-state index in [-0.39, 0.29) is 5.91 Å². The van der Waals surface area contributed by atoms with Crippen LogP contribution in [0.2, 0.25) is 5.02 Å². The molecule has 5 nitrogen and oxygen atoms in total. The molecule has 0 unspecified atom stereocenters. The summed E-state index contributed by atoms with van der Waals surface area (Å²) in [6.07, 6.45) is 5.17. The summed E-state index contributed by atoms with van der Waals surface area (Å²) in [4.78, 5) is 20.1. The van der Waals surface area contributed by atoms with E-state index in [1.54, 1.807) is 0 Å². The zero-order valence-electron chi connectivity index (χ0n) is 11.3. The van der Waals surface area contributed by atoms with Gasteiger partial charge in [0, 0.05) is 30.0 Å². The predicted molar refractivity (Wildman–Crippen MR) is 81.3 cm³/mol. The van der Waals surface area contributed by atoms with Crippen LogP contribution < -0.4 is 10.6 Å². The Labute approximate surface area is 127 Å². The first-order chi connectivity index (χ1) is 10.2. The smallest absolute Gasteiger partial charge is 0.254 e. The Morgan fingerprint density at radius 2 is 1.95 bits per heavy atom. The lowest BCUT2D eigenvalue weighted by atomic mass is 10.2. The average molecular weight is 303 g/mol. The average Bonchev–Trinajstić information content (AvgIpc) is 3.31. The van der Waals surface area contributed by atoms with E-state index in [9.17, 15) is 4.79 Å². The van der Waals surface area contributed by atoms with Gasteiger partial charge in [-0.1, -0.05) is 29.8 Å². The molecular weight excluding hydrogens is 288 g/mol. The molecule has 3 rings (SSSR count). The lowest BCUT2D eigenvalue weighted by Gasteiger charge is -2.07. The van der Waals surface area contributed by atoms with Crippen molar-refractivity contribution < 1.29 is 4.79 Å².